The third-order valence-corrected chi connectivity index (χ3v) is 0. The average Bonchev–Trinajstić information content (AvgIpc) is 1.33. The zero-order chi connectivity index (χ0) is 6.28. The van der Waals surface area contributed by atoms with Crippen molar-refractivity contribution in [2.75, 3.05) is 14.1 Å². The first kappa shape index (κ1) is 10.0. The molecule has 0 unspecified atom stereocenters. The van der Waals surface area contributed by atoms with Gasteiger partial charge in [0.2, 0.25) is 0 Å². The zero-order valence-electron chi connectivity index (χ0n) is 5.60. The highest BCUT2D eigenvalue weighted by Gasteiger charge is 1.59. The second-order valence-electron chi connectivity index (χ2n) is 1.55. The lowest BCUT2D eigenvalue weighted by molar-refractivity contribution is -0.0372. The van der Waals surface area contributed by atoms with Crippen molar-refractivity contribution in [1.29, 1.82) is 0 Å². The predicted molar refractivity (Wildman–Crippen MR) is 31.4 cm³/mol. The summed E-state index contributed by atoms with van der Waals surface area (Å²) in [5.74, 6) is 0. The average molecular weight is 105 g/mol. The van der Waals surface area contributed by atoms with Crippen LogP contribution in [-0.4, -0.2) is 24.4 Å². The van der Waals surface area contributed by atoms with Gasteiger partial charge in [-0.2, -0.15) is 5.06 Å². The molecule has 0 saturated carbocycles. The maximum Gasteiger partial charge on any atom is 0.0121 e. The van der Waals surface area contributed by atoms with E-state index in [0.29, 0.717) is 0 Å². The first-order chi connectivity index (χ1) is 3.15. The standard InChI is InChI=1S/C3H8.C2H7NO/c1-3-2;1-3(2)4/h3H2,1-2H3;4H,1-2H3. The summed E-state index contributed by atoms with van der Waals surface area (Å²) in [5.41, 5.74) is 0. The van der Waals surface area contributed by atoms with E-state index in [0.717, 1.165) is 5.06 Å². The van der Waals surface area contributed by atoms with Gasteiger partial charge in [0.05, 0.1) is 0 Å². The third-order valence-electron chi connectivity index (χ3n) is 0. The molecule has 0 aromatic rings. The van der Waals surface area contributed by atoms with Crippen LogP contribution in [0.25, 0.3) is 0 Å². The van der Waals surface area contributed by atoms with E-state index in [-0.39, 0.29) is 0 Å². The van der Waals surface area contributed by atoms with Gasteiger partial charge >= 0.3 is 0 Å². The van der Waals surface area contributed by atoms with Crippen LogP contribution in [0.2, 0.25) is 0 Å². The van der Waals surface area contributed by atoms with Gasteiger partial charge in [0.25, 0.3) is 0 Å². The lowest BCUT2D eigenvalue weighted by atomic mass is 10.6. The van der Waals surface area contributed by atoms with Crippen molar-refractivity contribution in [2.45, 2.75) is 20.3 Å². The summed E-state index contributed by atoms with van der Waals surface area (Å²) in [6.07, 6.45) is 1.25. The van der Waals surface area contributed by atoms with Gasteiger partial charge in [-0.15, -0.1) is 0 Å². The summed E-state index contributed by atoms with van der Waals surface area (Å²) >= 11 is 0. The Labute approximate surface area is 45.7 Å². The maximum atomic E-state index is 7.89. The molecule has 0 amide bonds. The van der Waals surface area contributed by atoms with Crippen molar-refractivity contribution < 1.29 is 5.21 Å². The molecule has 0 rings (SSSR count). The normalized spacial score (nSPS) is 7.71. The lowest BCUT2D eigenvalue weighted by Crippen LogP contribution is -2.01. The molecule has 0 aliphatic carbocycles. The Morgan fingerprint density at radius 1 is 1.29 bits per heavy atom. The van der Waals surface area contributed by atoms with Gasteiger partial charge in [-0.1, -0.05) is 20.3 Å². The second-order valence-corrected chi connectivity index (χ2v) is 1.55. The zero-order valence-corrected chi connectivity index (χ0v) is 5.60. The molecule has 2 heteroatoms. The van der Waals surface area contributed by atoms with Gasteiger partial charge in [0.1, 0.15) is 0 Å². The Hall–Kier alpha value is -0.0800. The maximum absolute atomic E-state index is 7.89. The Morgan fingerprint density at radius 3 is 1.29 bits per heavy atom. The van der Waals surface area contributed by atoms with Crippen LogP contribution in [0.3, 0.4) is 0 Å². The van der Waals surface area contributed by atoms with Crippen LogP contribution in [0.4, 0.5) is 0 Å². The van der Waals surface area contributed by atoms with Crippen molar-refractivity contribution in [2.24, 2.45) is 0 Å². The largest absolute Gasteiger partial charge is 0.315 e. The van der Waals surface area contributed by atoms with Gasteiger partial charge in [0, 0.05) is 14.1 Å². The van der Waals surface area contributed by atoms with Crippen LogP contribution in [0.1, 0.15) is 20.3 Å². The van der Waals surface area contributed by atoms with Gasteiger partial charge < -0.3 is 5.21 Å². The highest BCUT2D eigenvalue weighted by Crippen LogP contribution is 1.56. The van der Waals surface area contributed by atoms with Crippen LogP contribution in [-0.2, 0) is 0 Å². The fraction of sp³-hybridized carbons (Fsp3) is 1.00. The minimum Gasteiger partial charge on any atom is -0.315 e. The fourth-order valence-electron chi connectivity index (χ4n) is 0. The highest BCUT2D eigenvalue weighted by atomic mass is 16.5. The molecular weight excluding hydrogens is 90.1 g/mol. The minimum atomic E-state index is 1.00. The molecule has 46 valence electrons. The van der Waals surface area contributed by atoms with E-state index < -0.39 is 0 Å². The molecular formula is C5H15NO. The Balaban J connectivity index is 0. The molecule has 0 aromatic carbocycles. The van der Waals surface area contributed by atoms with Crippen molar-refractivity contribution in [3.8, 4) is 0 Å². The smallest absolute Gasteiger partial charge is 0.0121 e. The van der Waals surface area contributed by atoms with Crippen LogP contribution < -0.4 is 0 Å². The SMILES string of the molecule is CCC.CN(C)O. The number of hydrogen-bond donors (Lipinski definition) is 1. The number of nitrogens with zero attached hydrogens (tertiary/aromatic N) is 1. The summed E-state index contributed by atoms with van der Waals surface area (Å²) in [4.78, 5) is 0. The number of rotatable bonds is 0. The Kier molecular flexibility index (Phi) is 13.3. The van der Waals surface area contributed by atoms with Gasteiger partial charge in [0.15, 0.2) is 0 Å². The summed E-state index contributed by atoms with van der Waals surface area (Å²) in [7, 11) is 3.11. The van der Waals surface area contributed by atoms with E-state index >= 15 is 0 Å². The molecule has 0 aliphatic rings. The Bertz CT molecular complexity index is 19.3. The van der Waals surface area contributed by atoms with Gasteiger partial charge in [-0.05, 0) is 0 Å². The third kappa shape index (κ3) is 14200. The van der Waals surface area contributed by atoms with E-state index in [1.54, 1.807) is 14.1 Å². The quantitative estimate of drug-likeness (QED) is 0.470. The van der Waals surface area contributed by atoms with Crippen LogP contribution in [0, 0.1) is 0 Å². The number of hydroxylamine groups is 2. The van der Waals surface area contributed by atoms with E-state index in [4.69, 9.17) is 5.21 Å². The molecule has 7 heavy (non-hydrogen) atoms. The molecule has 0 atom stereocenters. The second kappa shape index (κ2) is 9.33. The molecule has 0 heterocycles. The molecule has 0 aromatic heterocycles. The molecule has 0 aliphatic heterocycles. The lowest BCUT2D eigenvalue weighted by Gasteiger charge is -1.89. The number of hydrogen-bond acceptors (Lipinski definition) is 2. The van der Waals surface area contributed by atoms with Crippen LogP contribution in [0.5, 0.6) is 0 Å². The van der Waals surface area contributed by atoms with Crippen LogP contribution >= 0.6 is 0 Å². The summed E-state index contributed by atoms with van der Waals surface area (Å²) in [6, 6.07) is 0. The highest BCUT2D eigenvalue weighted by molar-refractivity contribution is 3.92. The summed E-state index contributed by atoms with van der Waals surface area (Å²) in [5, 5.41) is 8.89. The van der Waals surface area contributed by atoms with Crippen molar-refractivity contribution in [3.05, 3.63) is 0 Å². The molecule has 2 nitrogen and oxygen atoms in total. The van der Waals surface area contributed by atoms with E-state index in [1.165, 1.54) is 6.42 Å². The predicted octanol–water partition coefficient (Wildman–Crippen LogP) is 1.35. The topological polar surface area (TPSA) is 23.5 Å². The molecule has 0 bridgehead atoms. The molecule has 1 N–H and O–H groups in total. The Morgan fingerprint density at radius 2 is 1.29 bits per heavy atom. The summed E-state index contributed by atoms with van der Waals surface area (Å²) in [6.45, 7) is 4.25. The monoisotopic (exact) mass is 105 g/mol. The molecule has 0 radical (unpaired) electrons. The van der Waals surface area contributed by atoms with E-state index in [2.05, 4.69) is 13.8 Å². The molecule has 0 fully saturated rings. The fourth-order valence-corrected chi connectivity index (χ4v) is 0. The first-order valence-electron chi connectivity index (χ1n) is 2.51. The first-order valence-corrected chi connectivity index (χ1v) is 2.51. The van der Waals surface area contributed by atoms with Crippen LogP contribution in [0.15, 0.2) is 0 Å². The van der Waals surface area contributed by atoms with E-state index in [9.17, 15) is 0 Å². The van der Waals surface area contributed by atoms with Gasteiger partial charge in [-0.25, -0.2) is 0 Å². The molecule has 0 spiro atoms. The van der Waals surface area contributed by atoms with Crippen molar-refractivity contribution in [3.63, 3.8) is 0 Å². The van der Waals surface area contributed by atoms with E-state index in [1.807, 2.05) is 0 Å². The van der Waals surface area contributed by atoms with Crippen molar-refractivity contribution in [1.82, 2.24) is 5.06 Å². The minimum absolute atomic E-state index is 1.00. The van der Waals surface area contributed by atoms with Gasteiger partial charge in [-0.3, -0.25) is 0 Å². The summed E-state index contributed by atoms with van der Waals surface area (Å²) < 4.78 is 0. The molecule has 0 saturated heterocycles. The van der Waals surface area contributed by atoms with Crippen molar-refractivity contribution >= 4 is 0 Å².